The van der Waals surface area contributed by atoms with Gasteiger partial charge in [-0.3, -0.25) is 5.43 Å². The van der Waals surface area contributed by atoms with Crippen LogP contribution in [0.5, 0.6) is 0 Å². The lowest BCUT2D eigenvalue weighted by Crippen LogP contribution is -2.53. The Morgan fingerprint density at radius 1 is 1.00 bits per heavy atom. The summed E-state index contributed by atoms with van der Waals surface area (Å²) < 4.78 is 0. The van der Waals surface area contributed by atoms with E-state index >= 15 is 0 Å². The van der Waals surface area contributed by atoms with E-state index in [2.05, 4.69) is 29.3 Å². The number of piperazine rings is 1. The number of nitrogens with zero attached hydrogens (tertiary/aromatic N) is 2. The maximum absolute atomic E-state index is 3.77. The normalized spacial score (nSPS) is 33.5. The molecule has 2 aliphatic rings. The molecule has 2 fully saturated rings. The Balaban J connectivity index is 1.71. The average molecular weight is 239 g/mol. The Kier molecular flexibility index (Phi) is 5.26. The van der Waals surface area contributed by atoms with Gasteiger partial charge in [0.2, 0.25) is 0 Å². The Bertz CT molecular complexity index is 212. The Morgan fingerprint density at radius 2 is 1.76 bits per heavy atom. The van der Waals surface area contributed by atoms with Crippen LogP contribution in [-0.4, -0.2) is 49.2 Å². The molecule has 0 aromatic rings. The van der Waals surface area contributed by atoms with Crippen LogP contribution in [0.25, 0.3) is 0 Å². The van der Waals surface area contributed by atoms with Crippen molar-refractivity contribution in [1.82, 2.24) is 15.3 Å². The molecule has 3 heteroatoms. The molecule has 1 saturated carbocycles. The van der Waals surface area contributed by atoms with Gasteiger partial charge < -0.3 is 4.90 Å². The maximum atomic E-state index is 3.77. The van der Waals surface area contributed by atoms with Crippen molar-refractivity contribution in [2.75, 3.05) is 33.2 Å². The molecule has 1 N–H and O–H groups in total. The van der Waals surface area contributed by atoms with E-state index in [1.165, 1.54) is 64.7 Å². The van der Waals surface area contributed by atoms with Crippen molar-refractivity contribution in [2.24, 2.45) is 5.92 Å². The highest BCUT2D eigenvalue weighted by molar-refractivity contribution is 4.75. The second-order valence-electron chi connectivity index (χ2n) is 5.90. The van der Waals surface area contributed by atoms with Gasteiger partial charge in [-0.2, -0.15) is 0 Å². The highest BCUT2D eigenvalue weighted by atomic mass is 15.5. The minimum atomic E-state index is 0.745. The zero-order valence-corrected chi connectivity index (χ0v) is 11.6. The van der Waals surface area contributed by atoms with Crippen molar-refractivity contribution in [3.8, 4) is 0 Å². The van der Waals surface area contributed by atoms with Crippen molar-refractivity contribution in [3.63, 3.8) is 0 Å². The summed E-state index contributed by atoms with van der Waals surface area (Å²) in [6, 6.07) is 0.745. The van der Waals surface area contributed by atoms with E-state index in [0.717, 1.165) is 12.0 Å². The first kappa shape index (κ1) is 13.3. The summed E-state index contributed by atoms with van der Waals surface area (Å²) in [4.78, 5) is 2.42. The summed E-state index contributed by atoms with van der Waals surface area (Å²) in [6.07, 6.45) is 8.44. The Morgan fingerprint density at radius 3 is 2.47 bits per heavy atom. The molecule has 1 aliphatic heterocycles. The predicted octanol–water partition coefficient (Wildman–Crippen LogP) is 2.10. The molecule has 3 nitrogen and oxygen atoms in total. The van der Waals surface area contributed by atoms with Gasteiger partial charge in [0, 0.05) is 32.2 Å². The number of likely N-dealkylation sites (N-methyl/N-ethyl adjacent to an activating group) is 1. The van der Waals surface area contributed by atoms with Gasteiger partial charge >= 0.3 is 0 Å². The summed E-state index contributed by atoms with van der Waals surface area (Å²) in [5.74, 6) is 0.995. The van der Waals surface area contributed by atoms with Crippen LogP contribution in [0.2, 0.25) is 0 Å². The van der Waals surface area contributed by atoms with Crippen molar-refractivity contribution >= 4 is 0 Å². The van der Waals surface area contributed by atoms with Crippen LogP contribution in [0.15, 0.2) is 0 Å². The van der Waals surface area contributed by atoms with E-state index in [4.69, 9.17) is 0 Å². The van der Waals surface area contributed by atoms with Gasteiger partial charge in [0.1, 0.15) is 0 Å². The molecule has 0 radical (unpaired) electrons. The van der Waals surface area contributed by atoms with Crippen LogP contribution in [0.3, 0.4) is 0 Å². The van der Waals surface area contributed by atoms with Crippen molar-refractivity contribution in [2.45, 2.75) is 51.5 Å². The first-order valence-corrected chi connectivity index (χ1v) is 7.47. The monoisotopic (exact) mass is 239 g/mol. The molecule has 17 heavy (non-hydrogen) atoms. The van der Waals surface area contributed by atoms with Gasteiger partial charge in [-0.1, -0.05) is 26.2 Å². The average Bonchev–Trinajstić information content (AvgIpc) is 2.57. The third-order valence-corrected chi connectivity index (χ3v) is 4.53. The Labute approximate surface area is 107 Å². The molecule has 0 spiro atoms. The molecule has 1 saturated heterocycles. The molecule has 2 atom stereocenters. The van der Waals surface area contributed by atoms with Gasteiger partial charge in [0.25, 0.3) is 0 Å². The van der Waals surface area contributed by atoms with Crippen LogP contribution in [-0.2, 0) is 0 Å². The van der Waals surface area contributed by atoms with Crippen LogP contribution in [0.4, 0.5) is 0 Å². The molecule has 0 aromatic heterocycles. The lowest BCUT2D eigenvalue weighted by molar-refractivity contribution is 0.0831. The topological polar surface area (TPSA) is 18.5 Å². The van der Waals surface area contributed by atoms with Gasteiger partial charge in [0.05, 0.1) is 0 Å². The summed E-state index contributed by atoms with van der Waals surface area (Å²) >= 11 is 0. The SMILES string of the molecule is CCC1CCCC(NN2CCN(C)CC2)CC1. The van der Waals surface area contributed by atoms with Gasteiger partial charge in [-0.25, -0.2) is 5.01 Å². The molecular weight excluding hydrogens is 210 g/mol. The van der Waals surface area contributed by atoms with Crippen molar-refractivity contribution in [1.29, 1.82) is 0 Å². The number of rotatable bonds is 3. The van der Waals surface area contributed by atoms with E-state index in [1.54, 1.807) is 0 Å². The molecule has 0 amide bonds. The van der Waals surface area contributed by atoms with Crippen LogP contribution in [0.1, 0.15) is 45.4 Å². The van der Waals surface area contributed by atoms with E-state index in [1.807, 2.05) is 0 Å². The van der Waals surface area contributed by atoms with Crippen LogP contribution in [0, 0.1) is 5.92 Å². The molecule has 2 unspecified atom stereocenters. The van der Waals surface area contributed by atoms with Crippen LogP contribution < -0.4 is 5.43 Å². The summed E-state index contributed by atoms with van der Waals surface area (Å²) in [6.45, 7) is 7.13. The van der Waals surface area contributed by atoms with E-state index in [9.17, 15) is 0 Å². The highest BCUT2D eigenvalue weighted by Gasteiger charge is 2.21. The fraction of sp³-hybridized carbons (Fsp3) is 1.00. The number of hydrogen-bond donors (Lipinski definition) is 1. The molecular formula is C14H29N3. The summed E-state index contributed by atoms with van der Waals surface area (Å²) in [7, 11) is 2.22. The van der Waals surface area contributed by atoms with E-state index in [-0.39, 0.29) is 0 Å². The lowest BCUT2D eigenvalue weighted by atomic mass is 9.98. The largest absolute Gasteiger partial charge is 0.304 e. The zero-order valence-electron chi connectivity index (χ0n) is 11.6. The summed E-state index contributed by atoms with van der Waals surface area (Å²) in [5, 5.41) is 2.46. The molecule has 100 valence electrons. The first-order chi connectivity index (χ1) is 8.28. The van der Waals surface area contributed by atoms with Crippen LogP contribution >= 0.6 is 0 Å². The molecule has 1 aliphatic carbocycles. The van der Waals surface area contributed by atoms with Gasteiger partial charge in [0.15, 0.2) is 0 Å². The number of hydrogen-bond acceptors (Lipinski definition) is 3. The standard InChI is InChI=1S/C14H29N3/c1-3-13-5-4-6-14(8-7-13)15-17-11-9-16(2)10-12-17/h13-15H,3-12H2,1-2H3. The minimum absolute atomic E-state index is 0.745. The third kappa shape index (κ3) is 4.23. The first-order valence-electron chi connectivity index (χ1n) is 7.47. The molecule has 0 aromatic carbocycles. The zero-order chi connectivity index (χ0) is 12.1. The second kappa shape index (κ2) is 6.72. The fourth-order valence-corrected chi connectivity index (χ4v) is 3.11. The highest BCUT2D eigenvalue weighted by Crippen LogP contribution is 2.25. The molecule has 0 bridgehead atoms. The van der Waals surface area contributed by atoms with Crippen molar-refractivity contribution in [3.05, 3.63) is 0 Å². The maximum Gasteiger partial charge on any atom is 0.0259 e. The molecule has 2 rings (SSSR count). The lowest BCUT2D eigenvalue weighted by Gasteiger charge is -2.35. The predicted molar refractivity (Wildman–Crippen MR) is 72.9 cm³/mol. The minimum Gasteiger partial charge on any atom is -0.304 e. The Hall–Kier alpha value is -0.120. The third-order valence-electron chi connectivity index (χ3n) is 4.53. The molecule has 1 heterocycles. The van der Waals surface area contributed by atoms with E-state index < -0.39 is 0 Å². The van der Waals surface area contributed by atoms with Gasteiger partial charge in [-0.05, 0) is 32.2 Å². The van der Waals surface area contributed by atoms with Crippen molar-refractivity contribution < 1.29 is 0 Å². The summed E-state index contributed by atoms with van der Waals surface area (Å²) in [5.41, 5.74) is 3.77. The smallest absolute Gasteiger partial charge is 0.0259 e. The fourth-order valence-electron chi connectivity index (χ4n) is 3.11. The number of hydrazine groups is 1. The number of nitrogens with one attached hydrogen (secondary N) is 1. The van der Waals surface area contributed by atoms with E-state index in [0.29, 0.717) is 0 Å². The second-order valence-corrected chi connectivity index (χ2v) is 5.90. The van der Waals surface area contributed by atoms with Gasteiger partial charge in [-0.15, -0.1) is 0 Å². The quantitative estimate of drug-likeness (QED) is 0.761.